The molecule has 2 heterocycles. The molecule has 1 unspecified atom stereocenters. The van der Waals surface area contributed by atoms with Crippen LogP contribution in [-0.4, -0.2) is 50.5 Å². The van der Waals surface area contributed by atoms with Gasteiger partial charge < -0.3 is 4.74 Å². The van der Waals surface area contributed by atoms with E-state index in [0.717, 1.165) is 5.69 Å². The smallest absolute Gasteiger partial charge is 0.215 e. The SMILES string of the molecule is COc1cccc(-n2cc(CNS(=O)(=O)C3CCS(=O)(=O)C3)cn2)c1. The Morgan fingerprint density at radius 2 is 2.20 bits per heavy atom. The number of methoxy groups -OCH3 is 1. The molecule has 1 aromatic heterocycles. The molecule has 1 aromatic carbocycles. The van der Waals surface area contributed by atoms with Crippen molar-refractivity contribution in [1.82, 2.24) is 14.5 Å². The number of ether oxygens (including phenoxy) is 1. The molecule has 10 heteroatoms. The van der Waals surface area contributed by atoms with Gasteiger partial charge in [-0.2, -0.15) is 5.10 Å². The number of hydrogen-bond donors (Lipinski definition) is 1. The molecule has 1 fully saturated rings. The minimum absolute atomic E-state index is 0.0584. The number of benzene rings is 1. The lowest BCUT2D eigenvalue weighted by Crippen LogP contribution is -2.34. The van der Waals surface area contributed by atoms with Gasteiger partial charge in [0.1, 0.15) is 5.75 Å². The summed E-state index contributed by atoms with van der Waals surface area (Å²) in [6.07, 6.45) is 3.41. The van der Waals surface area contributed by atoms with Crippen LogP contribution in [0, 0.1) is 0 Å². The molecular weight excluding hydrogens is 366 g/mol. The molecule has 136 valence electrons. The van der Waals surface area contributed by atoms with Gasteiger partial charge in [-0.05, 0) is 18.6 Å². The van der Waals surface area contributed by atoms with Crippen LogP contribution in [0.3, 0.4) is 0 Å². The van der Waals surface area contributed by atoms with Gasteiger partial charge in [0.2, 0.25) is 10.0 Å². The fourth-order valence-electron chi connectivity index (χ4n) is 2.65. The van der Waals surface area contributed by atoms with Gasteiger partial charge in [-0.25, -0.2) is 26.2 Å². The molecule has 0 amide bonds. The fourth-order valence-corrected chi connectivity index (χ4v) is 6.72. The van der Waals surface area contributed by atoms with Crippen molar-refractivity contribution in [2.24, 2.45) is 0 Å². The third-order valence-electron chi connectivity index (χ3n) is 4.06. The number of sulfone groups is 1. The standard InChI is InChI=1S/C15H19N3O5S2/c1-23-14-4-2-3-13(7-14)18-10-12(8-16-18)9-17-25(21,22)15-5-6-24(19,20)11-15/h2-4,7-8,10,15,17H,5-6,9,11H2,1H3. The Kier molecular flexibility index (Phi) is 4.85. The maximum Gasteiger partial charge on any atom is 0.215 e. The van der Waals surface area contributed by atoms with Gasteiger partial charge in [-0.3, -0.25) is 0 Å². The second-order valence-electron chi connectivity index (χ2n) is 5.89. The lowest BCUT2D eigenvalue weighted by atomic mass is 10.3. The van der Waals surface area contributed by atoms with Crippen molar-refractivity contribution in [1.29, 1.82) is 0 Å². The predicted octanol–water partition coefficient (Wildman–Crippen LogP) is 0.487. The summed E-state index contributed by atoms with van der Waals surface area (Å²) in [5.74, 6) is 0.301. The number of rotatable bonds is 6. The highest BCUT2D eigenvalue weighted by Gasteiger charge is 2.36. The van der Waals surface area contributed by atoms with Gasteiger partial charge in [0.05, 0.1) is 35.7 Å². The summed E-state index contributed by atoms with van der Waals surface area (Å²) in [7, 11) is -5.35. The maximum absolute atomic E-state index is 12.2. The summed E-state index contributed by atoms with van der Waals surface area (Å²) < 4.78 is 56.6. The highest BCUT2D eigenvalue weighted by atomic mass is 32.2. The van der Waals surface area contributed by atoms with Crippen molar-refractivity contribution >= 4 is 19.9 Å². The Balaban J connectivity index is 1.67. The first-order valence-electron chi connectivity index (χ1n) is 7.66. The van der Waals surface area contributed by atoms with E-state index in [9.17, 15) is 16.8 Å². The normalized spacial score (nSPS) is 19.8. The molecular formula is C15H19N3O5S2. The first-order chi connectivity index (χ1) is 11.8. The molecule has 25 heavy (non-hydrogen) atoms. The highest BCUT2D eigenvalue weighted by Crippen LogP contribution is 2.19. The van der Waals surface area contributed by atoms with Crippen LogP contribution in [0.1, 0.15) is 12.0 Å². The third-order valence-corrected chi connectivity index (χ3v) is 7.87. The zero-order valence-corrected chi connectivity index (χ0v) is 15.3. The minimum atomic E-state index is -3.68. The van der Waals surface area contributed by atoms with Crippen LogP contribution < -0.4 is 9.46 Å². The van der Waals surface area contributed by atoms with Crippen LogP contribution in [0.15, 0.2) is 36.7 Å². The number of hydrogen-bond acceptors (Lipinski definition) is 6. The average Bonchev–Trinajstić information content (AvgIpc) is 3.20. The molecule has 1 N–H and O–H groups in total. The number of nitrogens with one attached hydrogen (secondary N) is 1. The van der Waals surface area contributed by atoms with Crippen LogP contribution in [0.5, 0.6) is 5.75 Å². The molecule has 0 saturated carbocycles. The van der Waals surface area contributed by atoms with Gasteiger partial charge in [0, 0.05) is 24.4 Å². The van der Waals surface area contributed by atoms with Gasteiger partial charge in [-0.1, -0.05) is 6.07 Å². The van der Waals surface area contributed by atoms with Gasteiger partial charge in [0.25, 0.3) is 0 Å². The highest BCUT2D eigenvalue weighted by molar-refractivity contribution is 7.95. The molecule has 2 aromatic rings. The van der Waals surface area contributed by atoms with E-state index < -0.39 is 25.1 Å². The van der Waals surface area contributed by atoms with E-state index in [2.05, 4.69) is 9.82 Å². The molecule has 0 aliphatic carbocycles. The quantitative estimate of drug-likeness (QED) is 0.775. The number of sulfonamides is 1. The van der Waals surface area contributed by atoms with Crippen molar-refractivity contribution in [2.75, 3.05) is 18.6 Å². The van der Waals surface area contributed by atoms with Crippen molar-refractivity contribution in [3.8, 4) is 11.4 Å². The van der Waals surface area contributed by atoms with Gasteiger partial charge in [-0.15, -0.1) is 0 Å². The third kappa shape index (κ3) is 4.20. The van der Waals surface area contributed by atoms with Crippen molar-refractivity contribution in [2.45, 2.75) is 18.2 Å². The van der Waals surface area contributed by atoms with E-state index in [0.29, 0.717) is 11.3 Å². The van der Waals surface area contributed by atoms with Crippen molar-refractivity contribution in [3.63, 3.8) is 0 Å². The van der Waals surface area contributed by atoms with E-state index in [1.54, 1.807) is 24.2 Å². The lowest BCUT2D eigenvalue weighted by Gasteiger charge is -2.10. The number of nitrogens with zero attached hydrogens (tertiary/aromatic N) is 2. The van der Waals surface area contributed by atoms with Crippen LogP contribution in [0.4, 0.5) is 0 Å². The van der Waals surface area contributed by atoms with E-state index >= 15 is 0 Å². The molecule has 8 nitrogen and oxygen atoms in total. The van der Waals surface area contributed by atoms with E-state index in [-0.39, 0.29) is 24.5 Å². The summed E-state index contributed by atoms with van der Waals surface area (Å²) in [4.78, 5) is 0. The maximum atomic E-state index is 12.2. The van der Waals surface area contributed by atoms with Crippen LogP contribution in [0.25, 0.3) is 5.69 Å². The molecule has 1 saturated heterocycles. The largest absolute Gasteiger partial charge is 0.497 e. The summed E-state index contributed by atoms with van der Waals surface area (Å²) >= 11 is 0. The Hall–Kier alpha value is -1.91. The number of aromatic nitrogens is 2. The van der Waals surface area contributed by atoms with Crippen LogP contribution in [0.2, 0.25) is 0 Å². The first kappa shape index (κ1) is 17.9. The molecule has 1 aliphatic rings. The Morgan fingerprint density at radius 1 is 1.40 bits per heavy atom. The lowest BCUT2D eigenvalue weighted by molar-refractivity contribution is 0.414. The fraction of sp³-hybridized carbons (Fsp3) is 0.400. The zero-order valence-electron chi connectivity index (χ0n) is 13.6. The molecule has 3 rings (SSSR count). The Bertz CT molecular complexity index is 967. The first-order valence-corrected chi connectivity index (χ1v) is 11.0. The van der Waals surface area contributed by atoms with Crippen molar-refractivity contribution in [3.05, 3.63) is 42.2 Å². The van der Waals surface area contributed by atoms with Crippen LogP contribution >= 0.6 is 0 Å². The summed E-state index contributed by atoms with van der Waals surface area (Å²) in [6, 6.07) is 7.31. The topological polar surface area (TPSA) is 107 Å². The Labute approximate surface area is 146 Å². The summed E-state index contributed by atoms with van der Waals surface area (Å²) in [6.45, 7) is 0.0584. The van der Waals surface area contributed by atoms with Gasteiger partial charge in [0.15, 0.2) is 9.84 Å². The zero-order chi connectivity index (χ0) is 18.1. The summed E-state index contributed by atoms with van der Waals surface area (Å²) in [5.41, 5.74) is 1.46. The molecule has 1 atom stereocenters. The minimum Gasteiger partial charge on any atom is -0.497 e. The molecule has 0 radical (unpaired) electrons. The van der Waals surface area contributed by atoms with Gasteiger partial charge >= 0.3 is 0 Å². The molecule has 0 bridgehead atoms. The van der Waals surface area contributed by atoms with E-state index in [1.807, 2.05) is 24.3 Å². The predicted molar refractivity (Wildman–Crippen MR) is 92.9 cm³/mol. The second-order valence-corrected chi connectivity index (χ2v) is 10.2. The van der Waals surface area contributed by atoms with Crippen molar-refractivity contribution < 1.29 is 21.6 Å². The molecule has 0 spiro atoms. The van der Waals surface area contributed by atoms with E-state index in [4.69, 9.17) is 4.74 Å². The van der Waals surface area contributed by atoms with E-state index in [1.165, 1.54) is 0 Å². The monoisotopic (exact) mass is 385 g/mol. The summed E-state index contributed by atoms with van der Waals surface area (Å²) in [5, 5.41) is 3.33. The molecule has 1 aliphatic heterocycles. The second kappa shape index (κ2) is 6.77. The van der Waals surface area contributed by atoms with Crippen LogP contribution in [-0.2, 0) is 26.4 Å². The Morgan fingerprint density at radius 3 is 2.88 bits per heavy atom. The average molecular weight is 385 g/mol.